The second-order valence-electron chi connectivity index (χ2n) is 5.53. The monoisotopic (exact) mass is 316 g/mol. The van der Waals surface area contributed by atoms with Crippen molar-refractivity contribution in [3.8, 4) is 11.1 Å². The Morgan fingerprint density at radius 2 is 1.86 bits per heavy atom. The summed E-state index contributed by atoms with van der Waals surface area (Å²) in [7, 11) is 0. The molecule has 0 bridgehead atoms. The van der Waals surface area contributed by atoms with E-state index in [9.17, 15) is 4.39 Å². The van der Waals surface area contributed by atoms with Gasteiger partial charge in [-0.1, -0.05) is 35.5 Å². The predicted octanol–water partition coefficient (Wildman–Crippen LogP) is 4.59. The molecular formula is C18H21FN2S. The van der Waals surface area contributed by atoms with Gasteiger partial charge in [0.05, 0.1) is 0 Å². The van der Waals surface area contributed by atoms with Crippen molar-refractivity contribution in [2.24, 2.45) is 5.73 Å². The van der Waals surface area contributed by atoms with E-state index in [-0.39, 0.29) is 11.0 Å². The summed E-state index contributed by atoms with van der Waals surface area (Å²) in [6.45, 7) is 5.95. The number of nitrogens with one attached hydrogen (secondary N) is 1. The summed E-state index contributed by atoms with van der Waals surface area (Å²) in [5, 5.41) is 7.46. The Balaban J connectivity index is 2.44. The van der Waals surface area contributed by atoms with Gasteiger partial charge >= 0.3 is 0 Å². The molecule has 0 aliphatic heterocycles. The van der Waals surface area contributed by atoms with Gasteiger partial charge in [0, 0.05) is 5.75 Å². The van der Waals surface area contributed by atoms with Crippen molar-refractivity contribution < 1.29 is 4.39 Å². The lowest BCUT2D eigenvalue weighted by Crippen LogP contribution is -2.06. The van der Waals surface area contributed by atoms with Gasteiger partial charge in [-0.2, -0.15) is 0 Å². The molecule has 116 valence electrons. The molecule has 3 N–H and O–H groups in total. The van der Waals surface area contributed by atoms with Crippen LogP contribution in [0.15, 0.2) is 30.3 Å². The van der Waals surface area contributed by atoms with Crippen LogP contribution in [0.1, 0.15) is 22.3 Å². The zero-order valence-corrected chi connectivity index (χ0v) is 14.0. The molecule has 0 radical (unpaired) electrons. The lowest BCUT2D eigenvalue weighted by Gasteiger charge is -2.15. The van der Waals surface area contributed by atoms with Crippen molar-refractivity contribution in [2.45, 2.75) is 27.2 Å². The van der Waals surface area contributed by atoms with Crippen LogP contribution in [0.2, 0.25) is 0 Å². The molecular weight excluding hydrogens is 295 g/mol. The lowest BCUT2D eigenvalue weighted by atomic mass is 9.91. The highest BCUT2D eigenvalue weighted by Gasteiger charge is 2.11. The molecule has 0 saturated heterocycles. The molecule has 2 aromatic rings. The molecule has 0 unspecified atom stereocenters. The lowest BCUT2D eigenvalue weighted by molar-refractivity contribution is 0.619. The molecule has 2 nitrogen and oxygen atoms in total. The zero-order chi connectivity index (χ0) is 16.3. The SMILES string of the molecule is Cc1cc(C)c(CCSC(=N)N)c(-c2ccc(F)c(C)c2)c1. The first kappa shape index (κ1) is 16.6. The first-order valence-electron chi connectivity index (χ1n) is 7.22. The summed E-state index contributed by atoms with van der Waals surface area (Å²) in [4.78, 5) is 0. The van der Waals surface area contributed by atoms with E-state index < -0.39 is 0 Å². The van der Waals surface area contributed by atoms with Crippen molar-refractivity contribution in [1.82, 2.24) is 0 Å². The normalized spacial score (nSPS) is 10.7. The number of thioether (sulfide) groups is 1. The zero-order valence-electron chi connectivity index (χ0n) is 13.2. The minimum atomic E-state index is -0.179. The second kappa shape index (κ2) is 6.97. The van der Waals surface area contributed by atoms with Crippen molar-refractivity contribution in [3.63, 3.8) is 0 Å². The van der Waals surface area contributed by atoms with E-state index in [1.807, 2.05) is 12.1 Å². The topological polar surface area (TPSA) is 49.9 Å². The number of hydrogen-bond acceptors (Lipinski definition) is 2. The van der Waals surface area contributed by atoms with Gasteiger partial charge in [0.1, 0.15) is 5.82 Å². The third kappa shape index (κ3) is 3.89. The standard InChI is InChI=1S/C18H21FN2S/c1-11-8-12(2)15(6-7-22-18(20)21)16(9-11)14-4-5-17(19)13(3)10-14/h4-5,8-10H,6-7H2,1-3H3,(H3,20,21). The average Bonchev–Trinajstić information content (AvgIpc) is 2.43. The van der Waals surface area contributed by atoms with E-state index in [1.165, 1.54) is 34.5 Å². The molecule has 0 amide bonds. The smallest absolute Gasteiger partial charge is 0.151 e. The van der Waals surface area contributed by atoms with Crippen LogP contribution < -0.4 is 5.73 Å². The van der Waals surface area contributed by atoms with E-state index in [1.54, 1.807) is 6.92 Å². The van der Waals surface area contributed by atoms with Crippen molar-refractivity contribution in [3.05, 3.63) is 58.4 Å². The van der Waals surface area contributed by atoms with Gasteiger partial charge in [0.25, 0.3) is 0 Å². The molecule has 0 aliphatic carbocycles. The molecule has 0 fully saturated rings. The first-order chi connectivity index (χ1) is 10.4. The fourth-order valence-electron chi connectivity index (χ4n) is 2.66. The molecule has 0 atom stereocenters. The van der Waals surface area contributed by atoms with Gasteiger partial charge < -0.3 is 5.73 Å². The summed E-state index contributed by atoms with van der Waals surface area (Å²) >= 11 is 1.35. The Labute approximate surface area is 135 Å². The van der Waals surface area contributed by atoms with Crippen LogP contribution in [0.25, 0.3) is 11.1 Å². The van der Waals surface area contributed by atoms with Gasteiger partial charge in [-0.05, 0) is 67.1 Å². The fourth-order valence-corrected chi connectivity index (χ4v) is 3.19. The predicted molar refractivity (Wildman–Crippen MR) is 94.1 cm³/mol. The molecule has 0 saturated carbocycles. The number of hydrogen-bond donors (Lipinski definition) is 2. The van der Waals surface area contributed by atoms with Crippen LogP contribution >= 0.6 is 11.8 Å². The average molecular weight is 316 g/mol. The van der Waals surface area contributed by atoms with Crippen LogP contribution in [0, 0.1) is 32.0 Å². The third-order valence-electron chi connectivity index (χ3n) is 3.70. The van der Waals surface area contributed by atoms with Gasteiger partial charge in [0.2, 0.25) is 0 Å². The van der Waals surface area contributed by atoms with Crippen LogP contribution in [-0.2, 0) is 6.42 Å². The number of amidine groups is 1. The van der Waals surface area contributed by atoms with E-state index >= 15 is 0 Å². The highest BCUT2D eigenvalue weighted by atomic mass is 32.2. The second-order valence-corrected chi connectivity index (χ2v) is 6.67. The van der Waals surface area contributed by atoms with E-state index in [2.05, 4.69) is 26.0 Å². The molecule has 0 heterocycles. The maximum Gasteiger partial charge on any atom is 0.151 e. The maximum absolute atomic E-state index is 13.5. The van der Waals surface area contributed by atoms with Crippen LogP contribution in [0.4, 0.5) is 4.39 Å². The minimum absolute atomic E-state index is 0.143. The molecule has 2 aromatic carbocycles. The highest BCUT2D eigenvalue weighted by molar-refractivity contribution is 8.13. The largest absolute Gasteiger partial charge is 0.379 e. The molecule has 4 heteroatoms. The molecule has 22 heavy (non-hydrogen) atoms. The Morgan fingerprint density at radius 1 is 1.14 bits per heavy atom. The van der Waals surface area contributed by atoms with Crippen molar-refractivity contribution in [1.29, 1.82) is 5.41 Å². The number of rotatable bonds is 4. The minimum Gasteiger partial charge on any atom is -0.379 e. The third-order valence-corrected chi connectivity index (χ3v) is 4.42. The summed E-state index contributed by atoms with van der Waals surface area (Å²) in [6.07, 6.45) is 0.835. The van der Waals surface area contributed by atoms with Crippen LogP contribution in [0.5, 0.6) is 0 Å². The quantitative estimate of drug-likeness (QED) is 0.640. The Hall–Kier alpha value is -1.81. The maximum atomic E-state index is 13.5. The number of benzene rings is 2. The number of aryl methyl sites for hydroxylation is 3. The number of nitrogens with two attached hydrogens (primary N) is 1. The van der Waals surface area contributed by atoms with Gasteiger partial charge in [-0.25, -0.2) is 4.39 Å². The Kier molecular flexibility index (Phi) is 5.24. The van der Waals surface area contributed by atoms with Crippen LogP contribution in [-0.4, -0.2) is 10.9 Å². The Bertz CT molecular complexity index is 710. The van der Waals surface area contributed by atoms with Crippen molar-refractivity contribution >= 4 is 16.9 Å². The summed E-state index contributed by atoms with van der Waals surface area (Å²) in [6, 6.07) is 9.56. The van der Waals surface area contributed by atoms with E-state index in [4.69, 9.17) is 11.1 Å². The Morgan fingerprint density at radius 3 is 2.50 bits per heavy atom. The first-order valence-corrected chi connectivity index (χ1v) is 8.20. The van der Waals surface area contributed by atoms with Gasteiger partial charge in [-0.15, -0.1) is 0 Å². The fraction of sp³-hybridized carbons (Fsp3) is 0.278. The molecule has 0 spiro atoms. The van der Waals surface area contributed by atoms with Gasteiger partial charge in [0.15, 0.2) is 5.17 Å². The summed E-state index contributed by atoms with van der Waals surface area (Å²) < 4.78 is 13.5. The van der Waals surface area contributed by atoms with E-state index in [0.717, 1.165) is 23.3 Å². The molecule has 0 aliphatic rings. The van der Waals surface area contributed by atoms with Crippen LogP contribution in [0.3, 0.4) is 0 Å². The summed E-state index contributed by atoms with van der Waals surface area (Å²) in [5.41, 5.74) is 11.9. The highest BCUT2D eigenvalue weighted by Crippen LogP contribution is 2.30. The van der Waals surface area contributed by atoms with E-state index in [0.29, 0.717) is 5.56 Å². The molecule has 0 aromatic heterocycles. The van der Waals surface area contributed by atoms with Crippen molar-refractivity contribution in [2.75, 3.05) is 5.75 Å². The molecule has 2 rings (SSSR count). The van der Waals surface area contributed by atoms with Gasteiger partial charge in [-0.3, -0.25) is 5.41 Å². The number of halogens is 1. The summed E-state index contributed by atoms with van der Waals surface area (Å²) in [5.74, 6) is 0.591.